The molecule has 1 aliphatic heterocycles. The fourth-order valence-electron chi connectivity index (χ4n) is 4.19. The van der Waals surface area contributed by atoms with Gasteiger partial charge in [-0.2, -0.15) is 0 Å². The highest BCUT2D eigenvalue weighted by molar-refractivity contribution is 5.89. The summed E-state index contributed by atoms with van der Waals surface area (Å²) in [7, 11) is 1.78. The summed E-state index contributed by atoms with van der Waals surface area (Å²) in [4.78, 5) is 14.9. The normalized spacial score (nSPS) is 14.8. The molecule has 1 aliphatic rings. The Bertz CT molecular complexity index is 1040. The van der Waals surface area contributed by atoms with E-state index in [2.05, 4.69) is 31.1 Å². The van der Waals surface area contributed by atoms with Crippen molar-refractivity contribution in [1.29, 1.82) is 0 Å². The van der Waals surface area contributed by atoms with Gasteiger partial charge in [-0.1, -0.05) is 24.3 Å². The van der Waals surface area contributed by atoms with Crippen molar-refractivity contribution in [2.45, 2.75) is 25.7 Å². The van der Waals surface area contributed by atoms with Crippen molar-refractivity contribution in [2.75, 3.05) is 31.5 Å². The second-order valence-corrected chi connectivity index (χ2v) is 8.56. The number of urea groups is 1. The lowest BCUT2D eigenvalue weighted by atomic mass is 9.96. The van der Waals surface area contributed by atoms with E-state index in [9.17, 15) is 9.18 Å². The maximum absolute atomic E-state index is 13.0. The molecule has 0 saturated carbocycles. The Kier molecular flexibility index (Phi) is 7.62. The van der Waals surface area contributed by atoms with Crippen molar-refractivity contribution >= 4 is 11.7 Å². The Balaban J connectivity index is 1.15. The molecule has 8 nitrogen and oxygen atoms in total. The van der Waals surface area contributed by atoms with E-state index < -0.39 is 0 Å². The van der Waals surface area contributed by atoms with Crippen LogP contribution in [0.1, 0.15) is 24.8 Å². The number of halogens is 1. The van der Waals surface area contributed by atoms with E-state index in [1.165, 1.54) is 17.7 Å². The minimum absolute atomic E-state index is 0.184. The number of anilines is 1. The maximum atomic E-state index is 13.0. The number of piperidine rings is 1. The third kappa shape index (κ3) is 6.58. The number of aryl methyl sites for hydroxylation is 2. The number of rotatable bonds is 8. The molecule has 3 aromatic rings. The van der Waals surface area contributed by atoms with Crippen LogP contribution in [0.25, 0.3) is 11.4 Å². The molecule has 0 radical (unpaired) electrons. The molecule has 1 fully saturated rings. The number of tetrazole rings is 1. The van der Waals surface area contributed by atoms with Gasteiger partial charge in [0.15, 0.2) is 5.82 Å². The van der Waals surface area contributed by atoms with Crippen LogP contribution in [-0.2, 0) is 13.5 Å². The number of amides is 2. The fourth-order valence-corrected chi connectivity index (χ4v) is 4.19. The van der Waals surface area contributed by atoms with E-state index in [1.54, 1.807) is 11.7 Å². The summed E-state index contributed by atoms with van der Waals surface area (Å²) in [6.45, 7) is 3.81. The third-order valence-corrected chi connectivity index (χ3v) is 6.11. The standard InChI is InChI=1S/C24H30FN7O/c1-31-23(28-29-30-31)20-5-2-6-22(16-20)27-24(33)26-17-19-11-14-32(15-12-19)13-3-4-18-7-9-21(25)10-8-18/h2,5-10,16,19H,3-4,11-15,17H2,1H3,(H2,26,27,33). The third-order valence-electron chi connectivity index (χ3n) is 6.11. The van der Waals surface area contributed by atoms with Crippen molar-refractivity contribution in [3.63, 3.8) is 0 Å². The number of nitrogens with zero attached hydrogens (tertiary/aromatic N) is 5. The van der Waals surface area contributed by atoms with Gasteiger partial charge in [0.05, 0.1) is 0 Å². The zero-order valence-electron chi connectivity index (χ0n) is 18.9. The topological polar surface area (TPSA) is 88.0 Å². The molecule has 2 heterocycles. The molecule has 2 amide bonds. The van der Waals surface area contributed by atoms with Crippen LogP contribution in [0.4, 0.5) is 14.9 Å². The SMILES string of the molecule is Cn1nnnc1-c1cccc(NC(=O)NCC2CCN(CCCc3ccc(F)cc3)CC2)c1. The van der Waals surface area contributed by atoms with E-state index in [-0.39, 0.29) is 11.8 Å². The molecule has 2 N–H and O–H groups in total. The summed E-state index contributed by atoms with van der Waals surface area (Å²) in [5.74, 6) is 0.944. The second-order valence-electron chi connectivity index (χ2n) is 8.56. The Hall–Kier alpha value is -3.33. The molecule has 0 aliphatic carbocycles. The summed E-state index contributed by atoms with van der Waals surface area (Å²) < 4.78 is 14.6. The molecule has 0 unspecified atom stereocenters. The quantitative estimate of drug-likeness (QED) is 0.548. The highest BCUT2D eigenvalue weighted by atomic mass is 19.1. The summed E-state index contributed by atoms with van der Waals surface area (Å²) in [6, 6.07) is 14.0. The highest BCUT2D eigenvalue weighted by Gasteiger charge is 2.19. The Morgan fingerprint density at radius 3 is 2.67 bits per heavy atom. The summed E-state index contributed by atoms with van der Waals surface area (Å²) in [5, 5.41) is 17.4. The van der Waals surface area contributed by atoms with Crippen LogP contribution < -0.4 is 10.6 Å². The van der Waals surface area contributed by atoms with E-state index in [0.29, 0.717) is 24.0 Å². The maximum Gasteiger partial charge on any atom is 0.319 e. The molecule has 2 aromatic carbocycles. The first-order valence-electron chi connectivity index (χ1n) is 11.4. The van der Waals surface area contributed by atoms with Crippen LogP contribution in [0, 0.1) is 11.7 Å². The number of carbonyl (C=O) groups excluding carboxylic acids is 1. The largest absolute Gasteiger partial charge is 0.338 e. The number of carbonyl (C=O) groups is 1. The van der Waals surface area contributed by atoms with Crippen LogP contribution in [0.2, 0.25) is 0 Å². The van der Waals surface area contributed by atoms with Crippen LogP contribution >= 0.6 is 0 Å². The molecule has 0 bridgehead atoms. The van der Waals surface area contributed by atoms with Gasteiger partial charge in [-0.25, -0.2) is 13.9 Å². The molecular formula is C24H30FN7O. The summed E-state index contributed by atoms with van der Waals surface area (Å²) >= 11 is 0. The monoisotopic (exact) mass is 451 g/mol. The van der Waals surface area contributed by atoms with Crippen LogP contribution in [-0.4, -0.2) is 57.3 Å². The first-order chi connectivity index (χ1) is 16.1. The summed E-state index contributed by atoms with van der Waals surface area (Å²) in [5.41, 5.74) is 2.72. The van der Waals surface area contributed by atoms with E-state index in [4.69, 9.17) is 0 Å². The number of aromatic nitrogens is 4. The zero-order chi connectivity index (χ0) is 23.0. The second kappa shape index (κ2) is 11.0. The number of benzene rings is 2. The van der Waals surface area contributed by atoms with Crippen LogP contribution in [0.15, 0.2) is 48.5 Å². The molecule has 1 aromatic heterocycles. The number of likely N-dealkylation sites (tertiary alicyclic amines) is 1. The van der Waals surface area contributed by atoms with Crippen molar-refractivity contribution in [1.82, 2.24) is 30.4 Å². The lowest BCUT2D eigenvalue weighted by Crippen LogP contribution is -2.40. The van der Waals surface area contributed by atoms with Crippen molar-refractivity contribution in [3.05, 3.63) is 59.9 Å². The Morgan fingerprint density at radius 1 is 1.15 bits per heavy atom. The number of nitrogens with one attached hydrogen (secondary N) is 2. The van der Waals surface area contributed by atoms with E-state index in [1.807, 2.05) is 36.4 Å². The number of hydrogen-bond acceptors (Lipinski definition) is 5. The van der Waals surface area contributed by atoms with Crippen molar-refractivity contribution in [3.8, 4) is 11.4 Å². The van der Waals surface area contributed by atoms with Gasteiger partial charge in [0, 0.05) is 24.8 Å². The highest BCUT2D eigenvalue weighted by Crippen LogP contribution is 2.20. The van der Waals surface area contributed by atoms with Gasteiger partial charge in [-0.3, -0.25) is 0 Å². The van der Waals surface area contributed by atoms with Crippen molar-refractivity contribution < 1.29 is 9.18 Å². The lowest BCUT2D eigenvalue weighted by Gasteiger charge is -2.32. The molecule has 0 atom stereocenters. The molecule has 4 rings (SSSR count). The molecule has 0 spiro atoms. The van der Waals surface area contributed by atoms with E-state index in [0.717, 1.165) is 50.9 Å². The molecular weight excluding hydrogens is 421 g/mol. The van der Waals surface area contributed by atoms with Gasteiger partial charge in [0.25, 0.3) is 0 Å². The molecule has 33 heavy (non-hydrogen) atoms. The minimum atomic E-state index is -0.204. The molecule has 9 heteroatoms. The minimum Gasteiger partial charge on any atom is -0.338 e. The Morgan fingerprint density at radius 2 is 1.94 bits per heavy atom. The predicted molar refractivity (Wildman–Crippen MR) is 125 cm³/mol. The summed E-state index contributed by atoms with van der Waals surface area (Å²) in [6.07, 6.45) is 4.19. The smallest absolute Gasteiger partial charge is 0.319 e. The first-order valence-corrected chi connectivity index (χ1v) is 11.4. The fraction of sp³-hybridized carbons (Fsp3) is 0.417. The van der Waals surface area contributed by atoms with Gasteiger partial charge < -0.3 is 15.5 Å². The molecule has 174 valence electrons. The van der Waals surface area contributed by atoms with Crippen LogP contribution in [0.3, 0.4) is 0 Å². The predicted octanol–water partition coefficient (Wildman–Crippen LogP) is 3.48. The Labute approximate surface area is 193 Å². The zero-order valence-corrected chi connectivity index (χ0v) is 18.9. The van der Waals surface area contributed by atoms with Gasteiger partial charge in [-0.15, -0.1) is 5.10 Å². The van der Waals surface area contributed by atoms with Gasteiger partial charge in [-0.05, 0) is 91.5 Å². The lowest BCUT2D eigenvalue weighted by molar-refractivity contribution is 0.181. The van der Waals surface area contributed by atoms with Gasteiger partial charge in [0.2, 0.25) is 0 Å². The van der Waals surface area contributed by atoms with Crippen LogP contribution in [0.5, 0.6) is 0 Å². The average Bonchev–Trinajstić information content (AvgIpc) is 3.26. The van der Waals surface area contributed by atoms with Gasteiger partial charge in [0.1, 0.15) is 5.82 Å². The average molecular weight is 452 g/mol. The van der Waals surface area contributed by atoms with Crippen molar-refractivity contribution in [2.24, 2.45) is 13.0 Å². The molecule has 1 saturated heterocycles. The number of hydrogen-bond donors (Lipinski definition) is 2. The van der Waals surface area contributed by atoms with Gasteiger partial charge >= 0.3 is 6.03 Å². The first kappa shape index (κ1) is 22.8. The van der Waals surface area contributed by atoms with E-state index >= 15 is 0 Å².